The van der Waals surface area contributed by atoms with Crippen LogP contribution in [0.1, 0.15) is 59.3 Å². The van der Waals surface area contributed by atoms with Crippen molar-refractivity contribution in [2.24, 2.45) is 17.6 Å². The van der Waals surface area contributed by atoms with Crippen molar-refractivity contribution in [2.45, 2.75) is 64.8 Å². The van der Waals surface area contributed by atoms with E-state index in [-0.39, 0.29) is 11.4 Å². The normalized spacial score (nSPS) is 19.8. The number of nitrogens with two attached hydrogens (primary N) is 1. The molecule has 0 heterocycles. The van der Waals surface area contributed by atoms with Gasteiger partial charge in [-0.15, -0.1) is 0 Å². The fraction of sp³-hybridized carbons (Fsp3) is 0.929. The molecule has 1 amide bonds. The van der Waals surface area contributed by atoms with Crippen molar-refractivity contribution in [2.75, 3.05) is 6.54 Å². The van der Waals surface area contributed by atoms with Crippen molar-refractivity contribution in [1.29, 1.82) is 0 Å². The largest absolute Gasteiger partial charge is 0.351 e. The molecule has 1 aliphatic carbocycles. The summed E-state index contributed by atoms with van der Waals surface area (Å²) in [6.07, 6.45) is 6.17. The van der Waals surface area contributed by atoms with Gasteiger partial charge in [0.15, 0.2) is 0 Å². The summed E-state index contributed by atoms with van der Waals surface area (Å²) in [6.45, 7) is 7.30. The van der Waals surface area contributed by atoms with Crippen molar-refractivity contribution in [3.8, 4) is 0 Å². The lowest BCUT2D eigenvalue weighted by molar-refractivity contribution is -0.124. The molecule has 1 atom stereocenters. The van der Waals surface area contributed by atoms with Crippen LogP contribution in [0.5, 0.6) is 0 Å². The lowest BCUT2D eigenvalue weighted by Crippen LogP contribution is -2.50. The molecule has 100 valence electrons. The highest BCUT2D eigenvalue weighted by Crippen LogP contribution is 2.31. The van der Waals surface area contributed by atoms with Gasteiger partial charge in [0.1, 0.15) is 0 Å². The molecule has 0 spiro atoms. The standard InChI is InChI=1S/C14H28N2O/c1-11(2)12(7-10-15)5-6-13(17)16-14(3)8-4-9-14/h11-12H,4-10,15H2,1-3H3,(H,16,17). The Morgan fingerprint density at radius 3 is 2.41 bits per heavy atom. The van der Waals surface area contributed by atoms with E-state index in [2.05, 4.69) is 26.1 Å². The average molecular weight is 240 g/mol. The Labute approximate surface area is 106 Å². The van der Waals surface area contributed by atoms with E-state index in [1.165, 1.54) is 6.42 Å². The fourth-order valence-electron chi connectivity index (χ4n) is 2.57. The van der Waals surface area contributed by atoms with E-state index in [1.54, 1.807) is 0 Å². The van der Waals surface area contributed by atoms with Crippen molar-refractivity contribution < 1.29 is 4.79 Å². The Balaban J connectivity index is 2.25. The smallest absolute Gasteiger partial charge is 0.220 e. The molecule has 0 radical (unpaired) electrons. The van der Waals surface area contributed by atoms with E-state index in [9.17, 15) is 4.79 Å². The zero-order valence-corrected chi connectivity index (χ0v) is 11.6. The van der Waals surface area contributed by atoms with Crippen LogP contribution in [0.4, 0.5) is 0 Å². The summed E-state index contributed by atoms with van der Waals surface area (Å²) in [5, 5.41) is 3.16. The van der Waals surface area contributed by atoms with Gasteiger partial charge in [0.2, 0.25) is 5.91 Å². The predicted octanol–water partition coefficient (Wildman–Crippen LogP) is 2.45. The third-order valence-electron chi connectivity index (χ3n) is 4.12. The molecule has 1 rings (SSSR count). The summed E-state index contributed by atoms with van der Waals surface area (Å²) in [7, 11) is 0. The van der Waals surface area contributed by atoms with E-state index in [1.807, 2.05) is 0 Å². The molecule has 0 saturated heterocycles. The first-order valence-corrected chi connectivity index (χ1v) is 6.98. The van der Waals surface area contributed by atoms with Crippen molar-refractivity contribution in [1.82, 2.24) is 5.32 Å². The molecule has 1 unspecified atom stereocenters. The van der Waals surface area contributed by atoms with E-state index < -0.39 is 0 Å². The lowest BCUT2D eigenvalue weighted by atomic mass is 9.78. The lowest BCUT2D eigenvalue weighted by Gasteiger charge is -2.39. The molecular weight excluding hydrogens is 212 g/mol. The summed E-state index contributed by atoms with van der Waals surface area (Å²) in [4.78, 5) is 11.8. The SMILES string of the molecule is CC(C)C(CCN)CCC(=O)NC1(C)CCC1. The summed E-state index contributed by atoms with van der Waals surface area (Å²) in [6, 6.07) is 0. The van der Waals surface area contributed by atoms with E-state index in [0.29, 0.717) is 18.3 Å². The Morgan fingerprint density at radius 2 is 2.00 bits per heavy atom. The molecule has 17 heavy (non-hydrogen) atoms. The van der Waals surface area contributed by atoms with Gasteiger partial charge < -0.3 is 11.1 Å². The fourth-order valence-corrected chi connectivity index (χ4v) is 2.57. The van der Waals surface area contributed by atoms with Gasteiger partial charge in [0, 0.05) is 12.0 Å². The second kappa shape index (κ2) is 6.39. The third kappa shape index (κ3) is 4.66. The maximum Gasteiger partial charge on any atom is 0.220 e. The molecule has 3 heteroatoms. The minimum atomic E-state index is 0.0955. The molecule has 0 aromatic rings. The molecule has 3 nitrogen and oxygen atoms in total. The summed E-state index contributed by atoms with van der Waals surface area (Å²) >= 11 is 0. The highest BCUT2D eigenvalue weighted by molar-refractivity contribution is 5.76. The van der Waals surface area contributed by atoms with Gasteiger partial charge in [-0.1, -0.05) is 13.8 Å². The molecule has 1 aliphatic rings. The molecule has 0 bridgehead atoms. The molecule has 0 aliphatic heterocycles. The number of nitrogens with one attached hydrogen (secondary N) is 1. The van der Waals surface area contributed by atoms with E-state index >= 15 is 0 Å². The topological polar surface area (TPSA) is 55.1 Å². The number of carbonyl (C=O) groups excluding carboxylic acids is 1. The summed E-state index contributed by atoms with van der Waals surface area (Å²) in [5.41, 5.74) is 5.70. The number of carbonyl (C=O) groups is 1. The number of hydrogen-bond donors (Lipinski definition) is 2. The Bertz CT molecular complexity index is 247. The van der Waals surface area contributed by atoms with Crippen molar-refractivity contribution in [3.05, 3.63) is 0 Å². The minimum Gasteiger partial charge on any atom is -0.351 e. The Morgan fingerprint density at radius 1 is 1.35 bits per heavy atom. The monoisotopic (exact) mass is 240 g/mol. The van der Waals surface area contributed by atoms with Crippen LogP contribution in [-0.2, 0) is 4.79 Å². The molecule has 0 aromatic heterocycles. The first-order chi connectivity index (χ1) is 7.97. The van der Waals surface area contributed by atoms with Crippen LogP contribution in [0.3, 0.4) is 0 Å². The van der Waals surface area contributed by atoms with Gasteiger partial charge in [0.05, 0.1) is 0 Å². The van der Waals surface area contributed by atoms with Gasteiger partial charge in [-0.2, -0.15) is 0 Å². The first kappa shape index (κ1) is 14.5. The number of rotatable bonds is 7. The number of amides is 1. The zero-order chi connectivity index (χ0) is 12.9. The average Bonchev–Trinajstić information content (AvgIpc) is 2.21. The maximum atomic E-state index is 11.8. The molecule has 1 fully saturated rings. The molecule has 3 N–H and O–H groups in total. The number of hydrogen-bond acceptors (Lipinski definition) is 2. The molecule has 0 aromatic carbocycles. The zero-order valence-electron chi connectivity index (χ0n) is 11.6. The van der Waals surface area contributed by atoms with E-state index in [0.717, 1.165) is 32.2 Å². The minimum absolute atomic E-state index is 0.0955. The quantitative estimate of drug-likeness (QED) is 0.718. The van der Waals surface area contributed by atoms with Crippen LogP contribution >= 0.6 is 0 Å². The Kier molecular flexibility index (Phi) is 5.44. The van der Waals surface area contributed by atoms with Gasteiger partial charge in [-0.25, -0.2) is 0 Å². The van der Waals surface area contributed by atoms with Crippen LogP contribution in [0.2, 0.25) is 0 Å². The van der Waals surface area contributed by atoms with Gasteiger partial charge in [-0.05, 0) is 57.4 Å². The van der Waals surface area contributed by atoms with Crippen LogP contribution in [-0.4, -0.2) is 18.0 Å². The second-order valence-corrected chi connectivity index (χ2v) is 6.08. The van der Waals surface area contributed by atoms with Crippen LogP contribution < -0.4 is 11.1 Å². The maximum absolute atomic E-state index is 11.8. The van der Waals surface area contributed by atoms with Crippen molar-refractivity contribution >= 4 is 5.91 Å². The van der Waals surface area contributed by atoms with Gasteiger partial charge in [-0.3, -0.25) is 4.79 Å². The highest BCUT2D eigenvalue weighted by Gasteiger charge is 2.32. The van der Waals surface area contributed by atoms with Crippen LogP contribution in [0, 0.1) is 11.8 Å². The highest BCUT2D eigenvalue weighted by atomic mass is 16.1. The molecule has 1 saturated carbocycles. The van der Waals surface area contributed by atoms with Gasteiger partial charge >= 0.3 is 0 Å². The molecular formula is C14H28N2O. The predicted molar refractivity (Wildman–Crippen MR) is 71.6 cm³/mol. The van der Waals surface area contributed by atoms with Gasteiger partial charge in [0.25, 0.3) is 0 Å². The van der Waals surface area contributed by atoms with Crippen molar-refractivity contribution in [3.63, 3.8) is 0 Å². The second-order valence-electron chi connectivity index (χ2n) is 6.08. The third-order valence-corrected chi connectivity index (χ3v) is 4.12. The summed E-state index contributed by atoms with van der Waals surface area (Å²) in [5.74, 6) is 1.42. The Hall–Kier alpha value is -0.570. The van der Waals surface area contributed by atoms with Crippen LogP contribution in [0.25, 0.3) is 0 Å². The first-order valence-electron chi connectivity index (χ1n) is 6.98. The van der Waals surface area contributed by atoms with E-state index in [4.69, 9.17) is 5.73 Å². The summed E-state index contributed by atoms with van der Waals surface area (Å²) < 4.78 is 0. The van der Waals surface area contributed by atoms with Crippen LogP contribution in [0.15, 0.2) is 0 Å².